The van der Waals surface area contributed by atoms with Gasteiger partial charge in [0.25, 0.3) is 5.91 Å². The average molecular weight is 353 g/mol. The Balaban J connectivity index is 0.00000288. The highest BCUT2D eigenvalue weighted by atomic mass is 35.5. The summed E-state index contributed by atoms with van der Waals surface area (Å²) in [5.74, 6) is 0.798. The van der Waals surface area contributed by atoms with Gasteiger partial charge in [0.15, 0.2) is 5.76 Å². The fourth-order valence-corrected chi connectivity index (χ4v) is 2.28. The van der Waals surface area contributed by atoms with Crippen LogP contribution in [0.2, 0.25) is 0 Å². The van der Waals surface area contributed by atoms with Crippen LogP contribution in [0.4, 0.5) is 0 Å². The minimum Gasteiger partial charge on any atom is -0.489 e. The Morgan fingerprint density at radius 2 is 2.04 bits per heavy atom. The molecule has 1 amide bonds. The van der Waals surface area contributed by atoms with Crippen LogP contribution in [0.15, 0.2) is 47.1 Å². The number of rotatable bonds is 9. The zero-order valence-electron chi connectivity index (χ0n) is 13.9. The maximum absolute atomic E-state index is 12.4. The molecular formula is C18H25ClN2O3. The molecule has 0 aliphatic carbocycles. The van der Waals surface area contributed by atoms with Gasteiger partial charge < -0.3 is 20.2 Å². The van der Waals surface area contributed by atoms with E-state index < -0.39 is 0 Å². The maximum Gasteiger partial charge on any atom is 0.287 e. The van der Waals surface area contributed by atoms with E-state index in [1.165, 1.54) is 6.26 Å². The van der Waals surface area contributed by atoms with Crippen molar-refractivity contribution in [1.82, 2.24) is 5.32 Å². The van der Waals surface area contributed by atoms with Gasteiger partial charge in [-0.05, 0) is 24.6 Å². The molecule has 1 aromatic carbocycles. The molecule has 1 atom stereocenters. The van der Waals surface area contributed by atoms with E-state index in [2.05, 4.69) is 12.2 Å². The third-order valence-corrected chi connectivity index (χ3v) is 3.62. The number of furan rings is 1. The van der Waals surface area contributed by atoms with Crippen molar-refractivity contribution in [1.29, 1.82) is 0 Å². The van der Waals surface area contributed by atoms with E-state index in [0.29, 0.717) is 6.54 Å². The van der Waals surface area contributed by atoms with Crippen molar-refractivity contribution in [3.05, 3.63) is 54.0 Å². The number of ether oxygens (including phenoxy) is 1. The summed E-state index contributed by atoms with van der Waals surface area (Å²) >= 11 is 0. The quantitative estimate of drug-likeness (QED) is 0.723. The van der Waals surface area contributed by atoms with E-state index in [1.54, 1.807) is 6.07 Å². The summed E-state index contributed by atoms with van der Waals surface area (Å²) in [7, 11) is 0. The first-order valence-corrected chi connectivity index (χ1v) is 7.99. The molecule has 0 aliphatic rings. The molecule has 1 unspecified atom stereocenters. The SMILES string of the molecule is CCCCC(CN)NC(=O)c1occc1COc1ccccc1.Cl. The molecule has 0 bridgehead atoms. The number of amides is 1. The van der Waals surface area contributed by atoms with Crippen LogP contribution in [0.1, 0.15) is 42.3 Å². The summed E-state index contributed by atoms with van der Waals surface area (Å²) in [6.07, 6.45) is 4.48. The molecule has 0 saturated heterocycles. The number of unbranched alkanes of at least 4 members (excludes halogenated alkanes) is 1. The number of hydrogen-bond acceptors (Lipinski definition) is 4. The number of benzene rings is 1. The van der Waals surface area contributed by atoms with Gasteiger partial charge in [0.2, 0.25) is 0 Å². The summed E-state index contributed by atoms with van der Waals surface area (Å²) in [6, 6.07) is 11.2. The number of carbonyl (C=O) groups excluding carboxylic acids is 1. The van der Waals surface area contributed by atoms with Crippen molar-refractivity contribution in [2.75, 3.05) is 6.54 Å². The van der Waals surface area contributed by atoms with Crippen molar-refractivity contribution >= 4 is 18.3 Å². The smallest absolute Gasteiger partial charge is 0.287 e. The molecule has 24 heavy (non-hydrogen) atoms. The van der Waals surface area contributed by atoms with Gasteiger partial charge >= 0.3 is 0 Å². The molecule has 2 aromatic rings. The molecule has 3 N–H and O–H groups in total. The first-order chi connectivity index (χ1) is 11.2. The fourth-order valence-electron chi connectivity index (χ4n) is 2.28. The van der Waals surface area contributed by atoms with E-state index >= 15 is 0 Å². The molecule has 132 valence electrons. The first-order valence-electron chi connectivity index (χ1n) is 7.99. The van der Waals surface area contributed by atoms with E-state index in [4.69, 9.17) is 14.9 Å². The van der Waals surface area contributed by atoms with Gasteiger partial charge in [-0.3, -0.25) is 4.79 Å². The Bertz CT molecular complexity index is 601. The van der Waals surface area contributed by atoms with E-state index in [1.807, 2.05) is 30.3 Å². The van der Waals surface area contributed by atoms with E-state index in [-0.39, 0.29) is 36.7 Å². The molecule has 0 radical (unpaired) electrons. The minimum absolute atomic E-state index is 0. The van der Waals surface area contributed by atoms with Gasteiger partial charge in [-0.2, -0.15) is 0 Å². The van der Waals surface area contributed by atoms with Crippen LogP contribution in [0.25, 0.3) is 0 Å². The third-order valence-electron chi connectivity index (χ3n) is 3.62. The Hall–Kier alpha value is -1.98. The highest BCUT2D eigenvalue weighted by Crippen LogP contribution is 2.16. The third kappa shape index (κ3) is 5.91. The van der Waals surface area contributed by atoms with Crippen LogP contribution in [-0.4, -0.2) is 18.5 Å². The topological polar surface area (TPSA) is 77.5 Å². The van der Waals surface area contributed by atoms with Gasteiger partial charge in [0.1, 0.15) is 12.4 Å². The highest BCUT2D eigenvalue weighted by molar-refractivity contribution is 5.93. The Labute approximate surface area is 149 Å². The lowest BCUT2D eigenvalue weighted by molar-refractivity contribution is 0.0904. The summed E-state index contributed by atoms with van der Waals surface area (Å²) < 4.78 is 11.0. The first kappa shape index (κ1) is 20.1. The lowest BCUT2D eigenvalue weighted by Crippen LogP contribution is -2.40. The number of nitrogens with one attached hydrogen (secondary N) is 1. The fraction of sp³-hybridized carbons (Fsp3) is 0.389. The van der Waals surface area contributed by atoms with Crippen molar-refractivity contribution in [3.63, 3.8) is 0 Å². The number of carbonyl (C=O) groups is 1. The maximum atomic E-state index is 12.4. The number of halogens is 1. The van der Waals surface area contributed by atoms with Crippen molar-refractivity contribution in [2.24, 2.45) is 5.73 Å². The predicted octanol–water partition coefficient (Wildman–Crippen LogP) is 3.53. The second-order valence-corrected chi connectivity index (χ2v) is 5.43. The van der Waals surface area contributed by atoms with Crippen molar-refractivity contribution < 1.29 is 13.9 Å². The molecule has 1 aromatic heterocycles. The molecular weight excluding hydrogens is 328 g/mol. The minimum atomic E-state index is -0.242. The van der Waals surface area contributed by atoms with Gasteiger partial charge in [0, 0.05) is 18.2 Å². The van der Waals surface area contributed by atoms with Gasteiger partial charge in [0.05, 0.1) is 6.26 Å². The number of nitrogens with two attached hydrogens (primary N) is 1. The van der Waals surface area contributed by atoms with E-state index in [0.717, 1.165) is 30.6 Å². The summed E-state index contributed by atoms with van der Waals surface area (Å²) in [6.45, 7) is 2.81. The number of para-hydroxylation sites is 1. The van der Waals surface area contributed by atoms with Crippen LogP contribution in [0.5, 0.6) is 5.75 Å². The lowest BCUT2D eigenvalue weighted by atomic mass is 10.1. The van der Waals surface area contributed by atoms with Gasteiger partial charge in [-0.15, -0.1) is 12.4 Å². The largest absolute Gasteiger partial charge is 0.489 e. The summed E-state index contributed by atoms with van der Waals surface area (Å²) in [4.78, 5) is 12.4. The predicted molar refractivity (Wildman–Crippen MR) is 96.6 cm³/mol. The zero-order chi connectivity index (χ0) is 16.5. The summed E-state index contributed by atoms with van der Waals surface area (Å²) in [5, 5.41) is 2.93. The molecule has 5 nitrogen and oxygen atoms in total. The second-order valence-electron chi connectivity index (χ2n) is 5.43. The molecule has 2 rings (SSSR count). The molecule has 0 saturated carbocycles. The molecule has 0 aliphatic heterocycles. The number of hydrogen-bond donors (Lipinski definition) is 2. The van der Waals surface area contributed by atoms with Crippen LogP contribution in [-0.2, 0) is 6.61 Å². The highest BCUT2D eigenvalue weighted by Gasteiger charge is 2.18. The Morgan fingerprint density at radius 1 is 1.29 bits per heavy atom. The standard InChI is InChI=1S/C18H24N2O3.ClH/c1-2-3-7-15(12-19)20-18(21)17-14(10-11-22-17)13-23-16-8-5-4-6-9-16;/h4-6,8-11,15H,2-3,7,12-13,19H2,1H3,(H,20,21);1H. The van der Waals surface area contributed by atoms with Crippen molar-refractivity contribution in [2.45, 2.75) is 38.8 Å². The summed E-state index contributed by atoms with van der Waals surface area (Å²) in [5.41, 5.74) is 6.44. The van der Waals surface area contributed by atoms with Crippen LogP contribution in [0.3, 0.4) is 0 Å². The second kappa shape index (κ2) is 10.7. The van der Waals surface area contributed by atoms with Crippen LogP contribution >= 0.6 is 12.4 Å². The monoisotopic (exact) mass is 352 g/mol. The molecule has 1 heterocycles. The lowest BCUT2D eigenvalue weighted by Gasteiger charge is -2.16. The normalized spacial score (nSPS) is 11.4. The molecule has 0 fully saturated rings. The van der Waals surface area contributed by atoms with Crippen LogP contribution < -0.4 is 15.8 Å². The zero-order valence-corrected chi connectivity index (χ0v) is 14.7. The van der Waals surface area contributed by atoms with Crippen molar-refractivity contribution in [3.8, 4) is 5.75 Å². The molecule has 6 heteroatoms. The Morgan fingerprint density at radius 3 is 2.71 bits per heavy atom. The van der Waals surface area contributed by atoms with Gasteiger partial charge in [-0.1, -0.05) is 38.0 Å². The molecule has 0 spiro atoms. The van der Waals surface area contributed by atoms with Crippen LogP contribution in [0, 0.1) is 0 Å². The average Bonchev–Trinajstić information content (AvgIpc) is 3.06. The van der Waals surface area contributed by atoms with E-state index in [9.17, 15) is 4.79 Å². The Kier molecular flexibility index (Phi) is 8.97. The van der Waals surface area contributed by atoms with Gasteiger partial charge in [-0.25, -0.2) is 0 Å².